The van der Waals surface area contributed by atoms with Crippen molar-refractivity contribution < 1.29 is 4.74 Å². The number of unbranched alkanes of at least 4 members (excludes halogenated alkanes) is 2. The molecule has 17 heavy (non-hydrogen) atoms. The molecule has 0 saturated heterocycles. The summed E-state index contributed by atoms with van der Waals surface area (Å²) in [5, 5.41) is 4.00. The van der Waals surface area contributed by atoms with Crippen LogP contribution in [0, 0.1) is 0 Å². The highest BCUT2D eigenvalue weighted by Crippen LogP contribution is 2.28. The molecule has 0 amide bonds. The number of hydrogen-bond donors (Lipinski definition) is 1. The molecule has 0 unspecified atom stereocenters. The Labute approximate surface area is 109 Å². The fourth-order valence-corrected chi connectivity index (χ4v) is 1.89. The van der Waals surface area contributed by atoms with Gasteiger partial charge in [-0.05, 0) is 19.0 Å². The van der Waals surface area contributed by atoms with Crippen LogP contribution in [0.25, 0.3) is 0 Å². The first-order valence-electron chi connectivity index (χ1n) is 6.40. The third-order valence-electron chi connectivity index (χ3n) is 2.61. The zero-order valence-corrected chi connectivity index (χ0v) is 11.5. The molecule has 0 aliphatic carbocycles. The summed E-state index contributed by atoms with van der Waals surface area (Å²) in [7, 11) is 0. The van der Waals surface area contributed by atoms with Crippen molar-refractivity contribution in [1.82, 2.24) is 5.32 Å². The molecule has 2 nitrogen and oxygen atoms in total. The Balaban J connectivity index is 2.60. The smallest absolute Gasteiger partial charge is 0.142 e. The summed E-state index contributed by atoms with van der Waals surface area (Å²) in [4.78, 5) is 0. The Hall–Kier alpha value is -0.730. The van der Waals surface area contributed by atoms with E-state index in [1.807, 2.05) is 12.1 Å². The molecule has 0 aliphatic heterocycles. The van der Waals surface area contributed by atoms with Crippen molar-refractivity contribution in [3.63, 3.8) is 0 Å². The van der Waals surface area contributed by atoms with Crippen LogP contribution >= 0.6 is 11.6 Å². The van der Waals surface area contributed by atoms with E-state index in [4.69, 9.17) is 16.3 Å². The van der Waals surface area contributed by atoms with Crippen LogP contribution < -0.4 is 10.1 Å². The van der Waals surface area contributed by atoms with Gasteiger partial charge in [-0.25, -0.2) is 0 Å². The number of rotatable bonds is 8. The number of para-hydroxylation sites is 1. The van der Waals surface area contributed by atoms with E-state index in [1.165, 1.54) is 12.8 Å². The molecular weight excluding hydrogens is 234 g/mol. The summed E-state index contributed by atoms with van der Waals surface area (Å²) in [6.45, 7) is 6.77. The summed E-state index contributed by atoms with van der Waals surface area (Å²) in [6.07, 6.45) is 3.49. The second-order valence-corrected chi connectivity index (χ2v) is 4.47. The number of hydrogen-bond acceptors (Lipinski definition) is 2. The molecule has 1 N–H and O–H groups in total. The predicted octanol–water partition coefficient (Wildman–Crippen LogP) is 4.02. The molecule has 0 fully saturated rings. The number of benzene rings is 1. The van der Waals surface area contributed by atoms with E-state index >= 15 is 0 Å². The summed E-state index contributed by atoms with van der Waals surface area (Å²) < 4.78 is 5.80. The normalized spacial score (nSPS) is 10.5. The maximum Gasteiger partial charge on any atom is 0.142 e. The largest absolute Gasteiger partial charge is 0.492 e. The van der Waals surface area contributed by atoms with Gasteiger partial charge in [0.25, 0.3) is 0 Å². The molecule has 0 aliphatic rings. The molecule has 0 aromatic heterocycles. The lowest BCUT2D eigenvalue weighted by molar-refractivity contribution is 0.303. The van der Waals surface area contributed by atoms with E-state index in [-0.39, 0.29) is 0 Å². The zero-order chi connectivity index (χ0) is 12.5. The van der Waals surface area contributed by atoms with Gasteiger partial charge in [0, 0.05) is 12.1 Å². The maximum absolute atomic E-state index is 6.17. The highest BCUT2D eigenvalue weighted by atomic mass is 35.5. The predicted molar refractivity (Wildman–Crippen MR) is 73.9 cm³/mol. The average Bonchev–Trinajstić information content (AvgIpc) is 2.34. The van der Waals surface area contributed by atoms with Gasteiger partial charge in [-0.1, -0.05) is 50.4 Å². The van der Waals surface area contributed by atoms with E-state index < -0.39 is 0 Å². The molecule has 3 heteroatoms. The second-order valence-electron chi connectivity index (χ2n) is 4.06. The van der Waals surface area contributed by atoms with Crippen LogP contribution in [0.1, 0.15) is 38.7 Å². The van der Waals surface area contributed by atoms with E-state index in [9.17, 15) is 0 Å². The maximum atomic E-state index is 6.17. The van der Waals surface area contributed by atoms with Crippen molar-refractivity contribution in [2.24, 2.45) is 0 Å². The van der Waals surface area contributed by atoms with Gasteiger partial charge in [-0.15, -0.1) is 0 Å². The molecule has 0 bridgehead atoms. The molecule has 0 heterocycles. The van der Waals surface area contributed by atoms with Crippen molar-refractivity contribution >= 4 is 11.6 Å². The topological polar surface area (TPSA) is 21.3 Å². The van der Waals surface area contributed by atoms with E-state index in [0.29, 0.717) is 5.02 Å². The standard InChI is InChI=1S/C14H22ClNO/c1-3-5-6-10-17-14-12(11-16-4-2)8-7-9-13(14)15/h7-9,16H,3-6,10-11H2,1-2H3. The number of ether oxygens (including phenoxy) is 1. The third kappa shape index (κ3) is 4.97. The van der Waals surface area contributed by atoms with Gasteiger partial charge < -0.3 is 10.1 Å². The average molecular weight is 256 g/mol. The van der Waals surface area contributed by atoms with Crippen LogP contribution in [0.15, 0.2) is 18.2 Å². The molecule has 0 saturated carbocycles. The van der Waals surface area contributed by atoms with Crippen molar-refractivity contribution in [2.45, 2.75) is 39.7 Å². The fourth-order valence-electron chi connectivity index (χ4n) is 1.64. The first-order valence-corrected chi connectivity index (χ1v) is 6.78. The van der Waals surface area contributed by atoms with Gasteiger partial charge in [0.1, 0.15) is 5.75 Å². The van der Waals surface area contributed by atoms with Crippen LogP contribution in [0.5, 0.6) is 5.75 Å². The lowest BCUT2D eigenvalue weighted by atomic mass is 10.2. The van der Waals surface area contributed by atoms with E-state index in [1.54, 1.807) is 0 Å². The van der Waals surface area contributed by atoms with Crippen LogP contribution in [-0.2, 0) is 6.54 Å². The first kappa shape index (κ1) is 14.3. The minimum Gasteiger partial charge on any atom is -0.492 e. The van der Waals surface area contributed by atoms with Crippen molar-refractivity contribution in [3.8, 4) is 5.75 Å². The monoisotopic (exact) mass is 255 g/mol. The Kier molecular flexibility index (Phi) is 7.06. The summed E-state index contributed by atoms with van der Waals surface area (Å²) in [5.74, 6) is 0.839. The van der Waals surface area contributed by atoms with E-state index in [2.05, 4.69) is 25.2 Å². The molecular formula is C14H22ClNO. The van der Waals surface area contributed by atoms with Crippen LogP contribution in [0.4, 0.5) is 0 Å². The van der Waals surface area contributed by atoms with Crippen LogP contribution in [0.3, 0.4) is 0 Å². The van der Waals surface area contributed by atoms with Crippen LogP contribution in [-0.4, -0.2) is 13.2 Å². The molecule has 96 valence electrons. The molecule has 0 radical (unpaired) electrons. The van der Waals surface area contributed by atoms with Gasteiger partial charge >= 0.3 is 0 Å². The Bertz CT molecular complexity index is 328. The second kappa shape index (κ2) is 8.37. The molecule has 1 aromatic carbocycles. The molecule has 1 rings (SSSR count). The zero-order valence-electron chi connectivity index (χ0n) is 10.8. The van der Waals surface area contributed by atoms with E-state index in [0.717, 1.165) is 37.4 Å². The summed E-state index contributed by atoms with van der Waals surface area (Å²) in [5.41, 5.74) is 1.14. The highest BCUT2D eigenvalue weighted by molar-refractivity contribution is 6.32. The van der Waals surface area contributed by atoms with Crippen molar-refractivity contribution in [3.05, 3.63) is 28.8 Å². The van der Waals surface area contributed by atoms with Crippen LogP contribution in [0.2, 0.25) is 5.02 Å². The van der Waals surface area contributed by atoms with Gasteiger partial charge in [0.2, 0.25) is 0 Å². The highest BCUT2D eigenvalue weighted by Gasteiger charge is 2.07. The molecule has 0 spiro atoms. The van der Waals surface area contributed by atoms with Crippen molar-refractivity contribution in [2.75, 3.05) is 13.2 Å². The third-order valence-corrected chi connectivity index (χ3v) is 2.91. The first-order chi connectivity index (χ1) is 8.29. The lowest BCUT2D eigenvalue weighted by Gasteiger charge is -2.13. The van der Waals surface area contributed by atoms with Crippen molar-refractivity contribution in [1.29, 1.82) is 0 Å². The van der Waals surface area contributed by atoms with Gasteiger partial charge in [-0.3, -0.25) is 0 Å². The van der Waals surface area contributed by atoms with Gasteiger partial charge in [-0.2, -0.15) is 0 Å². The Morgan fingerprint density at radius 3 is 2.76 bits per heavy atom. The number of nitrogens with one attached hydrogen (secondary N) is 1. The quantitative estimate of drug-likeness (QED) is 0.709. The minimum absolute atomic E-state index is 0.705. The lowest BCUT2D eigenvalue weighted by Crippen LogP contribution is -2.13. The number of halogens is 1. The Morgan fingerprint density at radius 2 is 2.06 bits per heavy atom. The molecule has 1 aromatic rings. The van der Waals surface area contributed by atoms with Gasteiger partial charge in [0.05, 0.1) is 11.6 Å². The minimum atomic E-state index is 0.705. The van der Waals surface area contributed by atoms with Gasteiger partial charge in [0.15, 0.2) is 0 Å². The Morgan fingerprint density at radius 1 is 1.24 bits per heavy atom. The summed E-state index contributed by atoms with van der Waals surface area (Å²) in [6, 6.07) is 5.91. The SMILES string of the molecule is CCCCCOc1c(Cl)cccc1CNCC. The summed E-state index contributed by atoms with van der Waals surface area (Å²) >= 11 is 6.17. The molecule has 0 atom stereocenters. The fraction of sp³-hybridized carbons (Fsp3) is 0.571.